The van der Waals surface area contributed by atoms with E-state index in [-0.39, 0.29) is 17.4 Å². The summed E-state index contributed by atoms with van der Waals surface area (Å²) in [6.07, 6.45) is 0. The first-order chi connectivity index (χ1) is 13.1. The number of hydrogen-bond donors (Lipinski definition) is 0. The summed E-state index contributed by atoms with van der Waals surface area (Å²) >= 11 is 1.31. The largest absolute Gasteiger partial charge is 0.497 e. The lowest BCUT2D eigenvalue weighted by Crippen LogP contribution is -2.03. The van der Waals surface area contributed by atoms with Gasteiger partial charge in [0.2, 0.25) is 0 Å². The molecule has 4 rings (SSSR count). The van der Waals surface area contributed by atoms with Crippen LogP contribution in [-0.4, -0.2) is 33.2 Å². The Kier molecular flexibility index (Phi) is 4.53. The molecule has 0 saturated heterocycles. The molecule has 0 unspecified atom stereocenters. The number of benzene rings is 2. The number of aromatic nitrogens is 3. The normalized spacial score (nSPS) is 11.2. The Morgan fingerprint density at radius 2 is 1.93 bits per heavy atom. The summed E-state index contributed by atoms with van der Waals surface area (Å²) in [5.41, 5.74) is 3.13. The van der Waals surface area contributed by atoms with Crippen molar-refractivity contribution < 1.29 is 13.9 Å². The monoisotopic (exact) mass is 381 g/mol. The molecule has 0 atom stereocenters. The second-order valence-electron chi connectivity index (χ2n) is 6.11. The van der Waals surface area contributed by atoms with Gasteiger partial charge in [-0.25, -0.2) is 4.39 Å². The number of ketones is 1. The Bertz CT molecular complexity index is 1160. The van der Waals surface area contributed by atoms with Gasteiger partial charge in [0.15, 0.2) is 16.6 Å². The molecular formula is C20H16FN3O2S. The van der Waals surface area contributed by atoms with E-state index in [1.54, 1.807) is 7.11 Å². The Morgan fingerprint density at radius 3 is 2.67 bits per heavy atom. The molecule has 5 nitrogen and oxygen atoms in total. The molecule has 136 valence electrons. The van der Waals surface area contributed by atoms with Crippen molar-refractivity contribution in [1.29, 1.82) is 0 Å². The van der Waals surface area contributed by atoms with Crippen molar-refractivity contribution in [2.24, 2.45) is 0 Å². The predicted octanol–water partition coefficient (Wildman–Crippen LogP) is 4.31. The molecule has 2 aromatic carbocycles. The van der Waals surface area contributed by atoms with Crippen molar-refractivity contribution in [3.63, 3.8) is 0 Å². The number of carbonyl (C=O) groups excluding carboxylic acids is 1. The lowest BCUT2D eigenvalue weighted by atomic mass is 10.1. The van der Waals surface area contributed by atoms with Gasteiger partial charge in [-0.05, 0) is 60.3 Å². The van der Waals surface area contributed by atoms with Crippen LogP contribution in [0.2, 0.25) is 0 Å². The maximum absolute atomic E-state index is 13.0. The fourth-order valence-corrected chi connectivity index (χ4v) is 3.79. The first-order valence-electron chi connectivity index (χ1n) is 8.31. The number of carbonyl (C=O) groups is 1. The minimum absolute atomic E-state index is 0.0914. The van der Waals surface area contributed by atoms with Gasteiger partial charge in [-0.3, -0.25) is 9.20 Å². The molecule has 0 N–H and O–H groups in total. The van der Waals surface area contributed by atoms with E-state index >= 15 is 0 Å². The number of fused-ring (bicyclic) bond motifs is 3. The third-order valence-corrected chi connectivity index (χ3v) is 5.26. The van der Waals surface area contributed by atoms with Crippen LogP contribution in [0, 0.1) is 12.7 Å². The van der Waals surface area contributed by atoms with Crippen LogP contribution < -0.4 is 4.74 Å². The molecule has 4 aromatic rings. The van der Waals surface area contributed by atoms with Crippen LogP contribution >= 0.6 is 11.8 Å². The topological polar surface area (TPSA) is 56.5 Å². The number of aryl methyl sites for hydroxylation is 1. The molecular weight excluding hydrogens is 365 g/mol. The Labute approximate surface area is 159 Å². The van der Waals surface area contributed by atoms with Crippen molar-refractivity contribution in [1.82, 2.24) is 14.6 Å². The smallest absolute Gasteiger partial charge is 0.196 e. The number of nitrogens with zero attached hydrogens (tertiary/aromatic N) is 3. The number of hydrogen-bond acceptors (Lipinski definition) is 5. The maximum atomic E-state index is 13.0. The first-order valence-corrected chi connectivity index (χ1v) is 9.29. The van der Waals surface area contributed by atoms with Crippen molar-refractivity contribution in [3.05, 3.63) is 65.5 Å². The summed E-state index contributed by atoms with van der Waals surface area (Å²) < 4.78 is 20.3. The quantitative estimate of drug-likeness (QED) is 0.381. The fourth-order valence-electron chi connectivity index (χ4n) is 2.95. The number of pyridine rings is 1. The minimum atomic E-state index is -0.362. The number of halogens is 1. The first kappa shape index (κ1) is 17.5. The summed E-state index contributed by atoms with van der Waals surface area (Å²) in [5, 5.41) is 10.2. The predicted molar refractivity (Wildman–Crippen MR) is 103 cm³/mol. The molecule has 0 aliphatic carbocycles. The van der Waals surface area contributed by atoms with Gasteiger partial charge in [0.05, 0.1) is 18.4 Å². The highest BCUT2D eigenvalue weighted by Crippen LogP contribution is 2.28. The third kappa shape index (κ3) is 3.26. The summed E-state index contributed by atoms with van der Waals surface area (Å²) in [5.74, 6) is 0.468. The van der Waals surface area contributed by atoms with Crippen molar-refractivity contribution in [2.45, 2.75) is 12.1 Å². The molecule has 0 amide bonds. The Morgan fingerprint density at radius 1 is 1.15 bits per heavy atom. The second kappa shape index (κ2) is 7.00. The summed E-state index contributed by atoms with van der Waals surface area (Å²) in [6, 6.07) is 13.4. The zero-order valence-electron chi connectivity index (χ0n) is 14.8. The number of methoxy groups -OCH3 is 1. The molecule has 0 saturated carbocycles. The van der Waals surface area contributed by atoms with Gasteiger partial charge in [0, 0.05) is 11.6 Å². The molecule has 27 heavy (non-hydrogen) atoms. The van der Waals surface area contributed by atoms with Crippen molar-refractivity contribution in [2.75, 3.05) is 12.9 Å². The minimum Gasteiger partial charge on any atom is -0.497 e. The average molecular weight is 381 g/mol. The van der Waals surface area contributed by atoms with Crippen LogP contribution in [0.1, 0.15) is 15.9 Å². The highest BCUT2D eigenvalue weighted by atomic mass is 32.2. The van der Waals surface area contributed by atoms with Gasteiger partial charge in [-0.2, -0.15) is 0 Å². The SMILES string of the molecule is COc1ccc2cc(C)c3nnc(SCC(=O)c4ccc(F)cc4)n3c2c1. The fraction of sp³-hybridized carbons (Fsp3) is 0.150. The maximum Gasteiger partial charge on any atom is 0.196 e. The third-order valence-electron chi connectivity index (χ3n) is 4.34. The molecule has 0 aliphatic rings. The summed E-state index contributed by atoms with van der Waals surface area (Å²) in [6.45, 7) is 1.98. The van der Waals surface area contributed by atoms with E-state index in [4.69, 9.17) is 4.74 Å². The highest BCUT2D eigenvalue weighted by molar-refractivity contribution is 7.99. The van der Waals surface area contributed by atoms with E-state index in [9.17, 15) is 9.18 Å². The lowest BCUT2D eigenvalue weighted by molar-refractivity contribution is 0.102. The molecule has 2 heterocycles. The van der Waals surface area contributed by atoms with Gasteiger partial charge in [-0.1, -0.05) is 11.8 Å². The number of Topliss-reactive ketones (excluding diaryl/α,β-unsaturated/α-hetero) is 1. The molecule has 0 aliphatic heterocycles. The lowest BCUT2D eigenvalue weighted by Gasteiger charge is -2.08. The van der Waals surface area contributed by atoms with Crippen LogP contribution in [0.25, 0.3) is 16.6 Å². The number of thioether (sulfide) groups is 1. The second-order valence-corrected chi connectivity index (χ2v) is 7.05. The van der Waals surface area contributed by atoms with Crippen LogP contribution in [0.4, 0.5) is 4.39 Å². The van der Waals surface area contributed by atoms with Gasteiger partial charge in [-0.15, -0.1) is 10.2 Å². The van der Waals surface area contributed by atoms with Crippen LogP contribution in [-0.2, 0) is 0 Å². The molecule has 0 spiro atoms. The van der Waals surface area contributed by atoms with Crippen LogP contribution in [0.5, 0.6) is 5.75 Å². The van der Waals surface area contributed by atoms with Gasteiger partial charge in [0.1, 0.15) is 11.6 Å². The molecule has 2 aromatic heterocycles. The van der Waals surface area contributed by atoms with E-state index in [1.165, 1.54) is 36.0 Å². The van der Waals surface area contributed by atoms with E-state index in [0.29, 0.717) is 10.7 Å². The van der Waals surface area contributed by atoms with Crippen LogP contribution in [0.15, 0.2) is 53.7 Å². The van der Waals surface area contributed by atoms with E-state index in [1.807, 2.05) is 29.5 Å². The standard InChI is InChI=1S/C20H16FN3O2S/c1-12-9-14-5-8-16(26-2)10-17(14)24-19(12)22-23-20(24)27-11-18(25)13-3-6-15(21)7-4-13/h3-10H,11H2,1-2H3. The highest BCUT2D eigenvalue weighted by Gasteiger charge is 2.15. The molecule has 0 fully saturated rings. The van der Waals surface area contributed by atoms with E-state index in [0.717, 1.165) is 27.9 Å². The number of ether oxygens (including phenoxy) is 1. The summed E-state index contributed by atoms with van der Waals surface area (Å²) in [7, 11) is 1.62. The Balaban J connectivity index is 1.71. The zero-order chi connectivity index (χ0) is 19.0. The van der Waals surface area contributed by atoms with Gasteiger partial charge >= 0.3 is 0 Å². The van der Waals surface area contributed by atoms with Crippen LogP contribution in [0.3, 0.4) is 0 Å². The molecule has 7 heteroatoms. The average Bonchev–Trinajstić information content (AvgIpc) is 3.11. The van der Waals surface area contributed by atoms with Gasteiger partial charge < -0.3 is 4.74 Å². The zero-order valence-corrected chi connectivity index (χ0v) is 15.6. The molecule has 0 radical (unpaired) electrons. The van der Waals surface area contributed by atoms with Crippen molar-refractivity contribution in [3.8, 4) is 5.75 Å². The summed E-state index contributed by atoms with van der Waals surface area (Å²) in [4.78, 5) is 12.4. The van der Waals surface area contributed by atoms with E-state index in [2.05, 4.69) is 16.3 Å². The van der Waals surface area contributed by atoms with Crippen molar-refractivity contribution >= 4 is 34.1 Å². The molecule has 0 bridgehead atoms. The van der Waals surface area contributed by atoms with E-state index < -0.39 is 0 Å². The Hall–Kier alpha value is -2.93. The number of rotatable bonds is 5. The van der Waals surface area contributed by atoms with Gasteiger partial charge in [0.25, 0.3) is 0 Å².